The van der Waals surface area contributed by atoms with Gasteiger partial charge in [-0.2, -0.15) is 5.26 Å². The Morgan fingerprint density at radius 1 is 1.19 bits per heavy atom. The van der Waals surface area contributed by atoms with E-state index in [4.69, 9.17) is 0 Å². The van der Waals surface area contributed by atoms with Crippen LogP contribution in [0.1, 0.15) is 30.4 Å². The summed E-state index contributed by atoms with van der Waals surface area (Å²) in [4.78, 5) is 20.6. The van der Waals surface area contributed by atoms with Crippen molar-refractivity contribution in [2.75, 3.05) is 5.32 Å². The number of hydrogen-bond donors (Lipinski definition) is 1. The number of fused-ring (bicyclic) bond motifs is 1. The molecule has 1 aromatic carbocycles. The van der Waals surface area contributed by atoms with Crippen molar-refractivity contribution in [3.8, 4) is 6.07 Å². The maximum Gasteiger partial charge on any atom is 0.230 e. The van der Waals surface area contributed by atoms with Gasteiger partial charge in [0.25, 0.3) is 0 Å². The molecule has 2 aliphatic carbocycles. The number of carbonyl (C=O) groups is 1. The standard InChI is InChI=1S/C22H18N4O/c23-14-22(13-21(22)5-6-21)18-4-3-16-12-25-19(10-17(16)9-18)26-20(27)8-15-2-1-7-24-11-15/h1-4,7,9-12H,5-6,8,13H2,(H,25,26,27)/t22-/m1/s1. The number of rotatable bonds is 4. The van der Waals surface area contributed by atoms with Crippen molar-refractivity contribution in [1.82, 2.24) is 9.97 Å². The summed E-state index contributed by atoms with van der Waals surface area (Å²) in [7, 11) is 0. The Hall–Kier alpha value is -3.26. The zero-order chi connectivity index (χ0) is 18.5. The van der Waals surface area contributed by atoms with Gasteiger partial charge >= 0.3 is 0 Å². The summed E-state index contributed by atoms with van der Waals surface area (Å²) in [5.41, 5.74) is 1.88. The van der Waals surface area contributed by atoms with Crippen molar-refractivity contribution in [1.29, 1.82) is 5.26 Å². The molecule has 27 heavy (non-hydrogen) atoms. The second-order valence-corrected chi connectivity index (χ2v) is 7.69. The molecule has 0 unspecified atom stereocenters. The fourth-order valence-electron chi connectivity index (χ4n) is 4.20. The van der Waals surface area contributed by atoms with Crippen molar-refractivity contribution in [2.45, 2.75) is 31.1 Å². The molecule has 1 amide bonds. The molecule has 1 atom stereocenters. The summed E-state index contributed by atoms with van der Waals surface area (Å²) in [5.74, 6) is 0.398. The fourth-order valence-corrected chi connectivity index (χ4v) is 4.20. The van der Waals surface area contributed by atoms with Crippen LogP contribution in [0, 0.1) is 16.7 Å². The lowest BCUT2D eigenvalue weighted by Gasteiger charge is -2.11. The van der Waals surface area contributed by atoms with Gasteiger partial charge in [0.15, 0.2) is 0 Å². The zero-order valence-electron chi connectivity index (χ0n) is 14.8. The first-order chi connectivity index (χ1) is 13.1. The second-order valence-electron chi connectivity index (χ2n) is 7.69. The van der Waals surface area contributed by atoms with Gasteiger partial charge in [-0.1, -0.05) is 18.2 Å². The van der Waals surface area contributed by atoms with Gasteiger partial charge in [-0.05, 0) is 59.4 Å². The van der Waals surface area contributed by atoms with E-state index in [9.17, 15) is 10.1 Å². The average molecular weight is 354 g/mol. The van der Waals surface area contributed by atoms with Gasteiger partial charge in [0.05, 0.1) is 17.9 Å². The molecule has 0 radical (unpaired) electrons. The van der Waals surface area contributed by atoms with Crippen molar-refractivity contribution >= 4 is 22.5 Å². The molecule has 1 spiro atoms. The highest BCUT2D eigenvalue weighted by Gasteiger charge is 2.75. The van der Waals surface area contributed by atoms with Gasteiger partial charge < -0.3 is 5.32 Å². The summed E-state index contributed by atoms with van der Waals surface area (Å²) in [6.07, 6.45) is 8.68. The monoisotopic (exact) mass is 354 g/mol. The molecule has 3 aromatic rings. The van der Waals surface area contributed by atoms with Gasteiger partial charge in [-0.25, -0.2) is 4.98 Å². The number of hydrogen-bond acceptors (Lipinski definition) is 4. The van der Waals surface area contributed by atoms with E-state index in [1.807, 2.05) is 24.3 Å². The molecule has 0 aliphatic heterocycles. The molecule has 132 valence electrons. The van der Waals surface area contributed by atoms with E-state index in [2.05, 4.69) is 33.5 Å². The summed E-state index contributed by atoms with van der Waals surface area (Å²) in [5, 5.41) is 14.6. The SMILES string of the molecule is N#C[C@@]1(c2ccc3cnc(NC(=O)Cc4cccnc4)cc3c2)CC12CC2. The second kappa shape index (κ2) is 5.62. The lowest BCUT2D eigenvalue weighted by atomic mass is 9.92. The van der Waals surface area contributed by atoms with Crippen LogP contribution in [0.2, 0.25) is 0 Å². The van der Waals surface area contributed by atoms with Crippen LogP contribution in [-0.2, 0) is 16.6 Å². The Bertz CT molecular complexity index is 1100. The lowest BCUT2D eigenvalue weighted by Crippen LogP contribution is -2.15. The molecule has 5 rings (SSSR count). The molecule has 1 N–H and O–H groups in total. The first-order valence-corrected chi connectivity index (χ1v) is 9.15. The number of nitrogens with zero attached hydrogens (tertiary/aromatic N) is 3. The Morgan fingerprint density at radius 3 is 2.78 bits per heavy atom. The van der Waals surface area contributed by atoms with Crippen LogP contribution in [-0.4, -0.2) is 15.9 Å². The maximum absolute atomic E-state index is 12.3. The summed E-state index contributed by atoms with van der Waals surface area (Å²) in [6.45, 7) is 0. The third-order valence-electron chi connectivity index (χ3n) is 6.00. The van der Waals surface area contributed by atoms with Crippen molar-refractivity contribution in [3.63, 3.8) is 0 Å². The molecule has 2 aromatic heterocycles. The molecule has 0 saturated heterocycles. The van der Waals surface area contributed by atoms with E-state index >= 15 is 0 Å². The summed E-state index contributed by atoms with van der Waals surface area (Å²) < 4.78 is 0. The van der Waals surface area contributed by atoms with Gasteiger partial charge in [0, 0.05) is 24.0 Å². The van der Waals surface area contributed by atoms with E-state index < -0.39 is 0 Å². The topological polar surface area (TPSA) is 78.7 Å². The highest BCUT2D eigenvalue weighted by Crippen LogP contribution is 2.78. The Morgan fingerprint density at radius 2 is 2.07 bits per heavy atom. The number of aromatic nitrogens is 2. The maximum atomic E-state index is 12.3. The van der Waals surface area contributed by atoms with Crippen LogP contribution in [0.25, 0.3) is 10.8 Å². The minimum absolute atomic E-state index is 0.126. The van der Waals surface area contributed by atoms with Crippen LogP contribution < -0.4 is 5.32 Å². The highest BCUT2D eigenvalue weighted by atomic mass is 16.1. The first kappa shape index (κ1) is 16.0. The molecule has 2 aliphatic rings. The Balaban J connectivity index is 1.40. The van der Waals surface area contributed by atoms with E-state index in [1.54, 1.807) is 18.6 Å². The first-order valence-electron chi connectivity index (χ1n) is 9.15. The molecular weight excluding hydrogens is 336 g/mol. The lowest BCUT2D eigenvalue weighted by molar-refractivity contribution is -0.115. The number of benzene rings is 1. The highest BCUT2D eigenvalue weighted by molar-refractivity contribution is 5.94. The quantitative estimate of drug-likeness (QED) is 0.774. The van der Waals surface area contributed by atoms with Crippen LogP contribution in [0.4, 0.5) is 5.82 Å². The summed E-state index contributed by atoms with van der Waals surface area (Å²) >= 11 is 0. The van der Waals surface area contributed by atoms with Crippen molar-refractivity contribution in [2.24, 2.45) is 5.41 Å². The minimum Gasteiger partial charge on any atom is -0.310 e. The molecule has 2 heterocycles. The Labute approximate surface area is 157 Å². The van der Waals surface area contributed by atoms with Crippen LogP contribution in [0.5, 0.6) is 0 Å². The van der Waals surface area contributed by atoms with E-state index in [-0.39, 0.29) is 23.2 Å². The molecule has 2 saturated carbocycles. The third kappa shape index (κ3) is 2.57. The number of carbonyl (C=O) groups excluding carboxylic acids is 1. The van der Waals surface area contributed by atoms with Crippen LogP contribution in [0.3, 0.4) is 0 Å². The van der Waals surface area contributed by atoms with Gasteiger partial charge in [-0.15, -0.1) is 0 Å². The molecule has 5 heteroatoms. The smallest absolute Gasteiger partial charge is 0.230 e. The summed E-state index contributed by atoms with van der Waals surface area (Å²) in [6, 6.07) is 14.3. The number of nitriles is 1. The number of amides is 1. The number of nitrogens with one attached hydrogen (secondary N) is 1. The largest absolute Gasteiger partial charge is 0.310 e. The Kier molecular flexibility index (Phi) is 3.32. The number of anilines is 1. The third-order valence-corrected chi connectivity index (χ3v) is 6.00. The predicted octanol–water partition coefficient (Wildman–Crippen LogP) is 3.76. The molecule has 0 bridgehead atoms. The zero-order valence-corrected chi connectivity index (χ0v) is 14.8. The van der Waals surface area contributed by atoms with E-state index in [0.29, 0.717) is 5.82 Å². The van der Waals surface area contributed by atoms with Gasteiger partial charge in [0.2, 0.25) is 5.91 Å². The van der Waals surface area contributed by atoms with E-state index in [0.717, 1.165) is 41.2 Å². The minimum atomic E-state index is -0.311. The fraction of sp³-hybridized carbons (Fsp3) is 0.273. The van der Waals surface area contributed by atoms with Gasteiger partial charge in [-0.3, -0.25) is 9.78 Å². The van der Waals surface area contributed by atoms with Crippen molar-refractivity contribution < 1.29 is 4.79 Å². The molecule has 5 nitrogen and oxygen atoms in total. The normalized spacial score (nSPS) is 21.6. The van der Waals surface area contributed by atoms with Gasteiger partial charge in [0.1, 0.15) is 5.82 Å². The predicted molar refractivity (Wildman–Crippen MR) is 102 cm³/mol. The van der Waals surface area contributed by atoms with Crippen molar-refractivity contribution in [3.05, 3.63) is 66.1 Å². The van der Waals surface area contributed by atoms with Crippen LogP contribution >= 0.6 is 0 Å². The molecular formula is C22H18N4O. The number of pyridine rings is 2. The average Bonchev–Trinajstić information content (AvgIpc) is 3.60. The van der Waals surface area contributed by atoms with E-state index in [1.165, 1.54) is 0 Å². The van der Waals surface area contributed by atoms with Crippen LogP contribution in [0.15, 0.2) is 55.0 Å². The molecule has 2 fully saturated rings.